The maximum Gasteiger partial charge on any atom is 0.257 e. The lowest BCUT2D eigenvalue weighted by atomic mass is 9.69. The molecule has 0 radical (unpaired) electrons. The summed E-state index contributed by atoms with van der Waals surface area (Å²) in [7, 11) is 0. The second-order valence-corrected chi connectivity index (χ2v) is 11.2. The van der Waals surface area contributed by atoms with Crippen LogP contribution in [0.4, 0.5) is 5.82 Å². The van der Waals surface area contributed by atoms with Crippen LogP contribution in [0.5, 0.6) is 0 Å². The Kier molecular flexibility index (Phi) is 5.79. The maximum absolute atomic E-state index is 13.4. The zero-order chi connectivity index (χ0) is 23.2. The molecule has 168 valence electrons. The second-order valence-electron chi connectivity index (χ2n) is 9.35. The topological polar surface area (TPSA) is 74.8 Å². The number of allylic oxidation sites excluding steroid dienone is 2. The van der Waals surface area contributed by atoms with E-state index < -0.39 is 5.92 Å². The van der Waals surface area contributed by atoms with Crippen molar-refractivity contribution in [2.45, 2.75) is 43.5 Å². The van der Waals surface area contributed by atoms with Gasteiger partial charge in [0, 0.05) is 33.8 Å². The number of halogens is 1. The Morgan fingerprint density at radius 1 is 1.09 bits per heavy atom. The highest BCUT2D eigenvalue weighted by atomic mass is 79.9. The third kappa shape index (κ3) is 4.44. The quantitative estimate of drug-likeness (QED) is 0.324. The van der Waals surface area contributed by atoms with Gasteiger partial charge in [-0.25, -0.2) is 4.98 Å². The van der Waals surface area contributed by atoms with Crippen molar-refractivity contribution in [2.75, 3.05) is 5.32 Å². The molecule has 33 heavy (non-hydrogen) atoms. The van der Waals surface area contributed by atoms with Crippen molar-refractivity contribution in [1.29, 1.82) is 0 Å². The van der Waals surface area contributed by atoms with Gasteiger partial charge in [0.25, 0.3) is 5.56 Å². The lowest BCUT2D eigenvalue weighted by molar-refractivity contribution is -0.118. The Bertz CT molecular complexity index is 1330. The minimum Gasteiger partial charge on any atom is -0.343 e. The van der Waals surface area contributed by atoms with E-state index in [2.05, 4.69) is 52.2 Å². The Morgan fingerprint density at radius 3 is 2.64 bits per heavy atom. The molecule has 0 spiro atoms. The van der Waals surface area contributed by atoms with Gasteiger partial charge in [-0.3, -0.25) is 9.59 Å². The van der Waals surface area contributed by atoms with Crippen LogP contribution in [-0.4, -0.2) is 15.8 Å². The van der Waals surface area contributed by atoms with Gasteiger partial charge in [-0.2, -0.15) is 0 Å². The molecule has 0 fully saturated rings. The molecule has 0 saturated heterocycles. The van der Waals surface area contributed by atoms with Crippen LogP contribution in [0.15, 0.2) is 80.3 Å². The minimum atomic E-state index is -0.443. The maximum atomic E-state index is 13.4. The summed E-state index contributed by atoms with van der Waals surface area (Å²) in [6.07, 6.45) is 1.20. The molecule has 2 aliphatic rings. The standard InChI is InChI=1S/C26H24BrN3O2S/c1-26(2)12-18-21(19(31)13-26)20(16-9-6-10-17(27)11-16)22-23(28-18)29-25(30-24(22)32)33-14-15-7-4-3-5-8-15/h3-11,20H,12-14H2,1-2H3,(H2,28,29,30,32). The van der Waals surface area contributed by atoms with Crippen molar-refractivity contribution in [3.05, 3.63) is 97.4 Å². The van der Waals surface area contributed by atoms with Gasteiger partial charge in [-0.1, -0.05) is 84.0 Å². The third-order valence-corrected chi connectivity index (χ3v) is 7.54. The van der Waals surface area contributed by atoms with E-state index in [1.54, 1.807) is 0 Å². The van der Waals surface area contributed by atoms with E-state index >= 15 is 0 Å². The molecule has 2 N–H and O–H groups in total. The average Bonchev–Trinajstić information content (AvgIpc) is 2.76. The molecule has 2 heterocycles. The number of Topliss-reactive ketones (excluding diaryl/α,β-unsaturated/α-hetero) is 1. The van der Waals surface area contributed by atoms with Crippen molar-refractivity contribution in [3.8, 4) is 0 Å². The fraction of sp³-hybridized carbons (Fsp3) is 0.269. The van der Waals surface area contributed by atoms with Gasteiger partial charge >= 0.3 is 0 Å². The van der Waals surface area contributed by atoms with Crippen LogP contribution in [0.2, 0.25) is 0 Å². The highest BCUT2D eigenvalue weighted by Gasteiger charge is 2.42. The first kappa shape index (κ1) is 22.2. The van der Waals surface area contributed by atoms with E-state index in [9.17, 15) is 9.59 Å². The smallest absolute Gasteiger partial charge is 0.257 e. The van der Waals surface area contributed by atoms with Crippen LogP contribution in [0.25, 0.3) is 0 Å². The summed E-state index contributed by atoms with van der Waals surface area (Å²) in [4.78, 5) is 34.4. The molecular formula is C26H24BrN3O2S. The van der Waals surface area contributed by atoms with Crippen LogP contribution in [0, 0.1) is 5.41 Å². The molecule has 7 heteroatoms. The molecule has 1 unspecified atom stereocenters. The highest BCUT2D eigenvalue weighted by Crippen LogP contribution is 2.47. The number of nitrogens with one attached hydrogen (secondary N) is 2. The number of hydrogen-bond donors (Lipinski definition) is 2. The molecule has 1 atom stereocenters. The van der Waals surface area contributed by atoms with Gasteiger partial charge in [-0.15, -0.1) is 0 Å². The number of nitrogens with zero attached hydrogens (tertiary/aromatic N) is 1. The molecule has 1 aromatic heterocycles. The summed E-state index contributed by atoms with van der Waals surface area (Å²) in [5.74, 6) is 0.897. The van der Waals surface area contributed by atoms with Gasteiger partial charge in [0.2, 0.25) is 0 Å². The fourth-order valence-corrected chi connectivity index (χ4v) is 5.94. The number of aromatic nitrogens is 2. The number of benzene rings is 2. The first-order valence-corrected chi connectivity index (χ1v) is 12.7. The molecular weight excluding hydrogens is 498 g/mol. The summed E-state index contributed by atoms with van der Waals surface area (Å²) >= 11 is 5.03. The normalized spacial score (nSPS) is 19.0. The predicted molar refractivity (Wildman–Crippen MR) is 136 cm³/mol. The Hall–Kier alpha value is -2.64. The zero-order valence-corrected chi connectivity index (χ0v) is 20.8. The fourth-order valence-electron chi connectivity index (χ4n) is 4.71. The van der Waals surface area contributed by atoms with Gasteiger partial charge in [-0.05, 0) is 35.1 Å². The predicted octanol–water partition coefficient (Wildman–Crippen LogP) is 6.03. The number of H-pyrrole nitrogens is 1. The summed E-state index contributed by atoms with van der Waals surface area (Å²) in [5.41, 5.74) is 3.79. The number of rotatable bonds is 4. The van der Waals surface area contributed by atoms with E-state index in [1.807, 2.05) is 42.5 Å². The third-order valence-electron chi connectivity index (χ3n) is 6.10. The molecule has 0 bridgehead atoms. The van der Waals surface area contributed by atoms with Crippen molar-refractivity contribution in [2.24, 2.45) is 5.41 Å². The van der Waals surface area contributed by atoms with Crippen LogP contribution in [0.1, 0.15) is 49.3 Å². The summed E-state index contributed by atoms with van der Waals surface area (Å²) in [5, 5.41) is 3.94. The molecule has 3 aromatic rings. The van der Waals surface area contributed by atoms with E-state index in [4.69, 9.17) is 4.98 Å². The summed E-state index contributed by atoms with van der Waals surface area (Å²) in [6.45, 7) is 4.21. The van der Waals surface area contributed by atoms with Crippen LogP contribution in [-0.2, 0) is 10.5 Å². The highest BCUT2D eigenvalue weighted by molar-refractivity contribution is 9.10. The van der Waals surface area contributed by atoms with E-state index in [0.717, 1.165) is 27.7 Å². The Labute approximate surface area is 205 Å². The van der Waals surface area contributed by atoms with Gasteiger partial charge in [0.15, 0.2) is 10.9 Å². The number of thioether (sulfide) groups is 1. The number of aromatic amines is 1. The lowest BCUT2D eigenvalue weighted by Gasteiger charge is -2.38. The van der Waals surface area contributed by atoms with Crippen molar-refractivity contribution < 1.29 is 4.79 Å². The lowest BCUT2D eigenvalue weighted by Crippen LogP contribution is -2.37. The molecule has 2 aromatic carbocycles. The summed E-state index contributed by atoms with van der Waals surface area (Å²) in [6, 6.07) is 17.9. The Balaban J connectivity index is 1.60. The van der Waals surface area contributed by atoms with Gasteiger partial charge in [0.1, 0.15) is 5.82 Å². The zero-order valence-electron chi connectivity index (χ0n) is 18.4. The number of anilines is 1. The number of carbonyl (C=O) groups is 1. The molecule has 0 saturated carbocycles. The monoisotopic (exact) mass is 521 g/mol. The largest absolute Gasteiger partial charge is 0.343 e. The van der Waals surface area contributed by atoms with Crippen molar-refractivity contribution in [1.82, 2.24) is 9.97 Å². The van der Waals surface area contributed by atoms with Crippen molar-refractivity contribution in [3.63, 3.8) is 0 Å². The number of fused-ring (bicyclic) bond motifs is 1. The molecule has 0 amide bonds. The number of ketones is 1. The first-order valence-electron chi connectivity index (χ1n) is 10.9. The van der Waals surface area contributed by atoms with Gasteiger partial charge in [0.05, 0.1) is 5.56 Å². The van der Waals surface area contributed by atoms with Crippen LogP contribution in [0.3, 0.4) is 0 Å². The first-order chi connectivity index (χ1) is 15.8. The SMILES string of the molecule is CC1(C)CC(=O)C2=C(C1)Nc1nc(SCc3ccccc3)[nH]c(=O)c1C2c1cccc(Br)c1. The molecule has 1 aliphatic heterocycles. The number of hydrogen-bond acceptors (Lipinski definition) is 5. The van der Waals surface area contributed by atoms with E-state index in [1.165, 1.54) is 11.8 Å². The minimum absolute atomic E-state index is 0.0892. The van der Waals surface area contributed by atoms with Crippen molar-refractivity contribution >= 4 is 39.3 Å². The second kappa shape index (κ2) is 8.61. The van der Waals surface area contributed by atoms with E-state index in [-0.39, 0.29) is 16.8 Å². The average molecular weight is 522 g/mol. The molecule has 5 rings (SSSR count). The van der Waals surface area contributed by atoms with E-state index in [0.29, 0.717) is 34.3 Å². The number of carbonyl (C=O) groups excluding carboxylic acids is 1. The van der Waals surface area contributed by atoms with Crippen LogP contribution >= 0.6 is 27.7 Å². The molecule has 1 aliphatic carbocycles. The Morgan fingerprint density at radius 2 is 1.88 bits per heavy atom. The summed E-state index contributed by atoms with van der Waals surface area (Å²) < 4.78 is 0.908. The van der Waals surface area contributed by atoms with Gasteiger partial charge < -0.3 is 10.3 Å². The molecule has 5 nitrogen and oxygen atoms in total. The van der Waals surface area contributed by atoms with Crippen LogP contribution < -0.4 is 10.9 Å².